The van der Waals surface area contributed by atoms with Gasteiger partial charge in [-0.1, -0.05) is 5.16 Å². The number of carbonyl (C=O) groups is 1. The Morgan fingerprint density at radius 1 is 1.37 bits per heavy atom. The number of nitrogens with two attached hydrogens (primary N) is 1. The molecule has 0 aliphatic heterocycles. The first-order valence-corrected chi connectivity index (χ1v) is 5.91. The smallest absolute Gasteiger partial charge is 0.253 e. The van der Waals surface area contributed by atoms with E-state index in [0.717, 1.165) is 11.3 Å². The van der Waals surface area contributed by atoms with E-state index in [1.807, 2.05) is 13.8 Å². The number of nitrogens with one attached hydrogen (secondary N) is 1. The van der Waals surface area contributed by atoms with Gasteiger partial charge in [0.2, 0.25) is 0 Å². The summed E-state index contributed by atoms with van der Waals surface area (Å²) in [6, 6.07) is 1.62. The third kappa shape index (κ3) is 2.73. The summed E-state index contributed by atoms with van der Waals surface area (Å²) < 4.78 is 5.04. The number of hydrogen-bond donors (Lipinski definition) is 2. The SMILES string of the molecule is Cc1ncc(N)cc1C(=O)NCc1c(C)noc1C. The van der Waals surface area contributed by atoms with Crippen molar-refractivity contribution in [1.29, 1.82) is 0 Å². The summed E-state index contributed by atoms with van der Waals surface area (Å²) in [5.41, 5.74) is 8.89. The fourth-order valence-corrected chi connectivity index (χ4v) is 1.80. The molecule has 1 amide bonds. The maximum Gasteiger partial charge on any atom is 0.253 e. The summed E-state index contributed by atoms with van der Waals surface area (Å²) in [5.74, 6) is 0.498. The highest BCUT2D eigenvalue weighted by Gasteiger charge is 2.13. The van der Waals surface area contributed by atoms with Crippen LogP contribution in [0.1, 0.15) is 33.1 Å². The molecule has 2 rings (SSSR count). The van der Waals surface area contributed by atoms with Crippen molar-refractivity contribution in [2.45, 2.75) is 27.3 Å². The monoisotopic (exact) mass is 260 g/mol. The van der Waals surface area contributed by atoms with E-state index < -0.39 is 0 Å². The van der Waals surface area contributed by atoms with Crippen molar-refractivity contribution in [3.8, 4) is 0 Å². The number of hydrogen-bond acceptors (Lipinski definition) is 5. The van der Waals surface area contributed by atoms with E-state index in [2.05, 4.69) is 15.5 Å². The average molecular weight is 260 g/mol. The van der Waals surface area contributed by atoms with E-state index in [0.29, 0.717) is 29.2 Å². The zero-order valence-corrected chi connectivity index (χ0v) is 11.2. The van der Waals surface area contributed by atoms with Crippen molar-refractivity contribution >= 4 is 11.6 Å². The topological polar surface area (TPSA) is 94.0 Å². The highest BCUT2D eigenvalue weighted by atomic mass is 16.5. The van der Waals surface area contributed by atoms with Crippen LogP contribution in [0, 0.1) is 20.8 Å². The van der Waals surface area contributed by atoms with Crippen LogP contribution in [0.5, 0.6) is 0 Å². The molecule has 6 heteroatoms. The Balaban J connectivity index is 2.12. The number of nitrogen functional groups attached to an aromatic ring is 1. The van der Waals surface area contributed by atoms with Gasteiger partial charge >= 0.3 is 0 Å². The lowest BCUT2D eigenvalue weighted by molar-refractivity contribution is 0.0950. The van der Waals surface area contributed by atoms with E-state index in [4.69, 9.17) is 10.3 Å². The normalized spacial score (nSPS) is 10.5. The standard InChI is InChI=1S/C13H16N4O2/c1-7-11(4-10(14)5-15-7)13(18)16-6-12-8(2)17-19-9(12)3/h4-5H,6,14H2,1-3H3,(H,16,18). The Kier molecular flexibility index (Phi) is 3.50. The Labute approximate surface area is 111 Å². The lowest BCUT2D eigenvalue weighted by Gasteiger charge is -2.07. The van der Waals surface area contributed by atoms with Gasteiger partial charge in [0.1, 0.15) is 5.76 Å². The minimum absolute atomic E-state index is 0.211. The van der Waals surface area contributed by atoms with E-state index in [9.17, 15) is 4.79 Å². The summed E-state index contributed by atoms with van der Waals surface area (Å²) in [6.07, 6.45) is 1.53. The molecular formula is C13H16N4O2. The van der Waals surface area contributed by atoms with Gasteiger partial charge in [0.05, 0.1) is 28.8 Å². The Hall–Kier alpha value is -2.37. The van der Waals surface area contributed by atoms with Crippen LogP contribution < -0.4 is 11.1 Å². The quantitative estimate of drug-likeness (QED) is 0.872. The molecule has 6 nitrogen and oxygen atoms in total. The van der Waals surface area contributed by atoms with Gasteiger partial charge in [-0.3, -0.25) is 9.78 Å². The molecule has 2 aromatic rings. The molecular weight excluding hydrogens is 244 g/mol. The summed E-state index contributed by atoms with van der Waals surface area (Å²) in [7, 11) is 0. The van der Waals surface area contributed by atoms with Gasteiger partial charge in [0.15, 0.2) is 0 Å². The molecule has 2 aromatic heterocycles. The average Bonchev–Trinajstić information content (AvgIpc) is 2.69. The molecule has 19 heavy (non-hydrogen) atoms. The third-order valence-corrected chi connectivity index (χ3v) is 2.96. The van der Waals surface area contributed by atoms with E-state index in [-0.39, 0.29) is 5.91 Å². The molecule has 100 valence electrons. The highest BCUT2D eigenvalue weighted by Crippen LogP contribution is 2.13. The molecule has 0 spiro atoms. The molecule has 2 heterocycles. The van der Waals surface area contributed by atoms with Gasteiger partial charge in [0, 0.05) is 12.1 Å². The number of pyridine rings is 1. The number of aromatic nitrogens is 2. The van der Waals surface area contributed by atoms with Crippen LogP contribution in [-0.2, 0) is 6.54 Å². The Morgan fingerprint density at radius 2 is 2.11 bits per heavy atom. The first-order chi connectivity index (χ1) is 8.99. The number of anilines is 1. The second-order valence-corrected chi connectivity index (χ2v) is 4.39. The van der Waals surface area contributed by atoms with Gasteiger partial charge < -0.3 is 15.6 Å². The minimum atomic E-state index is -0.211. The van der Waals surface area contributed by atoms with Crippen LogP contribution in [0.25, 0.3) is 0 Å². The molecule has 0 aliphatic rings. The highest BCUT2D eigenvalue weighted by molar-refractivity contribution is 5.95. The number of rotatable bonds is 3. The van der Waals surface area contributed by atoms with E-state index >= 15 is 0 Å². The Bertz CT molecular complexity index is 600. The van der Waals surface area contributed by atoms with Crippen LogP contribution in [0.2, 0.25) is 0 Å². The van der Waals surface area contributed by atoms with Crippen molar-refractivity contribution < 1.29 is 9.32 Å². The summed E-state index contributed by atoms with van der Waals surface area (Å²) in [4.78, 5) is 16.1. The lowest BCUT2D eigenvalue weighted by atomic mass is 10.1. The number of aryl methyl sites for hydroxylation is 3. The predicted molar refractivity (Wildman–Crippen MR) is 70.5 cm³/mol. The third-order valence-electron chi connectivity index (χ3n) is 2.96. The largest absolute Gasteiger partial charge is 0.397 e. The minimum Gasteiger partial charge on any atom is -0.397 e. The molecule has 0 saturated carbocycles. The van der Waals surface area contributed by atoms with Crippen LogP contribution in [0.15, 0.2) is 16.8 Å². The molecule has 0 radical (unpaired) electrons. The Morgan fingerprint density at radius 3 is 2.74 bits per heavy atom. The van der Waals surface area contributed by atoms with Crippen molar-refractivity contribution in [3.05, 3.63) is 40.5 Å². The van der Waals surface area contributed by atoms with Crippen LogP contribution in [0.4, 0.5) is 5.69 Å². The molecule has 0 fully saturated rings. The van der Waals surface area contributed by atoms with Gasteiger partial charge in [-0.15, -0.1) is 0 Å². The number of carbonyl (C=O) groups excluding carboxylic acids is 1. The lowest BCUT2D eigenvalue weighted by Crippen LogP contribution is -2.24. The molecule has 0 atom stereocenters. The van der Waals surface area contributed by atoms with Crippen LogP contribution in [-0.4, -0.2) is 16.0 Å². The van der Waals surface area contributed by atoms with Crippen molar-refractivity contribution in [2.75, 3.05) is 5.73 Å². The van der Waals surface area contributed by atoms with Gasteiger partial charge in [-0.25, -0.2) is 0 Å². The van der Waals surface area contributed by atoms with Crippen molar-refractivity contribution in [1.82, 2.24) is 15.5 Å². The second kappa shape index (κ2) is 5.09. The predicted octanol–water partition coefficient (Wildman–Crippen LogP) is 1.51. The molecule has 0 bridgehead atoms. The fraction of sp³-hybridized carbons (Fsp3) is 0.308. The first-order valence-electron chi connectivity index (χ1n) is 5.91. The molecule has 0 saturated heterocycles. The maximum absolute atomic E-state index is 12.1. The molecule has 3 N–H and O–H groups in total. The summed E-state index contributed by atoms with van der Waals surface area (Å²) in [5, 5.41) is 6.66. The zero-order chi connectivity index (χ0) is 14.0. The maximum atomic E-state index is 12.1. The summed E-state index contributed by atoms with van der Waals surface area (Å²) in [6.45, 7) is 5.79. The fourth-order valence-electron chi connectivity index (χ4n) is 1.80. The molecule has 0 aromatic carbocycles. The number of amides is 1. The van der Waals surface area contributed by atoms with E-state index in [1.165, 1.54) is 6.20 Å². The summed E-state index contributed by atoms with van der Waals surface area (Å²) >= 11 is 0. The van der Waals surface area contributed by atoms with E-state index in [1.54, 1.807) is 13.0 Å². The van der Waals surface area contributed by atoms with Gasteiger partial charge in [0.25, 0.3) is 5.91 Å². The van der Waals surface area contributed by atoms with Crippen molar-refractivity contribution in [3.63, 3.8) is 0 Å². The van der Waals surface area contributed by atoms with Crippen molar-refractivity contribution in [2.24, 2.45) is 0 Å². The van der Waals surface area contributed by atoms with Crippen LogP contribution in [0.3, 0.4) is 0 Å². The van der Waals surface area contributed by atoms with Gasteiger partial charge in [-0.2, -0.15) is 0 Å². The zero-order valence-electron chi connectivity index (χ0n) is 11.2. The molecule has 0 aliphatic carbocycles. The number of nitrogens with zero attached hydrogens (tertiary/aromatic N) is 2. The molecule has 0 unspecified atom stereocenters. The van der Waals surface area contributed by atoms with Gasteiger partial charge in [-0.05, 0) is 26.8 Å². The first kappa shape index (κ1) is 13.1. The van der Waals surface area contributed by atoms with Crippen LogP contribution >= 0.6 is 0 Å². The second-order valence-electron chi connectivity index (χ2n) is 4.39.